The van der Waals surface area contributed by atoms with Gasteiger partial charge in [0.2, 0.25) is 5.91 Å². The van der Waals surface area contributed by atoms with Crippen LogP contribution in [0.25, 0.3) is 10.8 Å². The van der Waals surface area contributed by atoms with Crippen LogP contribution in [0.3, 0.4) is 0 Å². The maximum atomic E-state index is 13.1. The molecule has 1 aliphatic heterocycles. The number of fused-ring (bicyclic) bond motifs is 1. The van der Waals surface area contributed by atoms with Crippen LogP contribution in [-0.4, -0.2) is 73.6 Å². The Morgan fingerprint density at radius 1 is 0.972 bits per heavy atom. The molecule has 0 unspecified atom stereocenters. The van der Waals surface area contributed by atoms with E-state index in [2.05, 4.69) is 22.2 Å². The Bertz CT molecular complexity index is 1340. The summed E-state index contributed by atoms with van der Waals surface area (Å²) >= 11 is 0. The van der Waals surface area contributed by atoms with Crippen LogP contribution in [0.4, 0.5) is 11.5 Å². The first kappa shape index (κ1) is 24.6. The van der Waals surface area contributed by atoms with Gasteiger partial charge in [0, 0.05) is 73.1 Å². The van der Waals surface area contributed by atoms with Gasteiger partial charge in [-0.05, 0) is 69.1 Å². The number of piperazine rings is 1. The summed E-state index contributed by atoms with van der Waals surface area (Å²) in [6, 6.07) is 10.7. The lowest BCUT2D eigenvalue weighted by Gasteiger charge is -2.36. The van der Waals surface area contributed by atoms with Crippen molar-refractivity contribution < 1.29 is 13.2 Å². The van der Waals surface area contributed by atoms with Crippen molar-refractivity contribution in [3.05, 3.63) is 54.5 Å². The van der Waals surface area contributed by atoms with Gasteiger partial charge in [-0.1, -0.05) is 0 Å². The summed E-state index contributed by atoms with van der Waals surface area (Å²) < 4.78 is 23.4. The summed E-state index contributed by atoms with van der Waals surface area (Å²) in [5.74, 6) is 1.44. The highest BCUT2D eigenvalue weighted by atomic mass is 32.2. The van der Waals surface area contributed by atoms with Crippen LogP contribution in [-0.2, 0) is 14.6 Å². The molecule has 1 aromatic carbocycles. The Morgan fingerprint density at radius 2 is 1.67 bits per heavy atom. The van der Waals surface area contributed by atoms with Gasteiger partial charge in [0.15, 0.2) is 9.84 Å². The Hall–Kier alpha value is -3.04. The topological polar surface area (TPSA) is 95.5 Å². The summed E-state index contributed by atoms with van der Waals surface area (Å²) in [5.41, 5.74) is 1.83. The molecule has 190 valence electrons. The van der Waals surface area contributed by atoms with Gasteiger partial charge in [-0.3, -0.25) is 9.78 Å². The first-order chi connectivity index (χ1) is 17.3. The molecule has 2 fully saturated rings. The fourth-order valence-corrected chi connectivity index (χ4v) is 5.94. The maximum Gasteiger partial charge on any atom is 0.225 e. The molecule has 1 aliphatic carbocycles. The number of amides is 1. The third kappa shape index (κ3) is 5.37. The van der Waals surface area contributed by atoms with Gasteiger partial charge in [0.05, 0.1) is 10.6 Å². The highest BCUT2D eigenvalue weighted by molar-refractivity contribution is 7.90. The number of anilines is 2. The van der Waals surface area contributed by atoms with Crippen LogP contribution in [0.15, 0.2) is 53.7 Å². The standard InChI is InChI=1S/C27H33N5O3S/c1-31-13-15-32(16-14-31)27(33)20-5-3-19(4-6-20)26-24-17-25(29-18-21(24)11-12-28-26)30-22-7-9-23(10-8-22)36(2,34)35/h7-12,17-20H,3-6,13-16H2,1-2H3,(H,29,30). The lowest BCUT2D eigenvalue weighted by atomic mass is 9.79. The Labute approximate surface area is 212 Å². The zero-order chi connectivity index (χ0) is 25.3. The fourth-order valence-electron chi connectivity index (χ4n) is 5.31. The first-order valence-corrected chi connectivity index (χ1v) is 14.5. The van der Waals surface area contributed by atoms with Gasteiger partial charge in [-0.25, -0.2) is 13.4 Å². The minimum Gasteiger partial charge on any atom is -0.340 e. The summed E-state index contributed by atoms with van der Waals surface area (Å²) in [7, 11) is -1.13. The van der Waals surface area contributed by atoms with Crippen molar-refractivity contribution in [1.29, 1.82) is 0 Å². The van der Waals surface area contributed by atoms with Crippen molar-refractivity contribution >= 4 is 38.0 Å². The molecule has 9 heteroatoms. The molecular formula is C27H33N5O3S. The van der Waals surface area contributed by atoms with E-state index >= 15 is 0 Å². The van der Waals surface area contributed by atoms with Crippen molar-refractivity contribution in [2.24, 2.45) is 5.92 Å². The molecule has 3 heterocycles. The number of carbonyl (C=O) groups excluding carboxylic acids is 1. The summed E-state index contributed by atoms with van der Waals surface area (Å²) in [5, 5.41) is 5.38. The van der Waals surface area contributed by atoms with Crippen LogP contribution >= 0.6 is 0 Å². The Kier molecular flexibility index (Phi) is 6.94. The van der Waals surface area contributed by atoms with Gasteiger partial charge in [-0.15, -0.1) is 0 Å². The molecule has 1 saturated heterocycles. The van der Waals surface area contributed by atoms with E-state index in [0.717, 1.165) is 74.0 Å². The maximum absolute atomic E-state index is 13.1. The van der Waals surface area contributed by atoms with E-state index in [-0.39, 0.29) is 10.8 Å². The smallest absolute Gasteiger partial charge is 0.225 e. The molecule has 2 aromatic heterocycles. The van der Waals surface area contributed by atoms with E-state index in [1.54, 1.807) is 24.3 Å². The van der Waals surface area contributed by atoms with Crippen LogP contribution in [0.1, 0.15) is 37.3 Å². The van der Waals surface area contributed by atoms with E-state index in [9.17, 15) is 13.2 Å². The van der Waals surface area contributed by atoms with Crippen molar-refractivity contribution in [2.75, 3.05) is 44.8 Å². The zero-order valence-electron chi connectivity index (χ0n) is 20.9. The number of nitrogens with zero attached hydrogens (tertiary/aromatic N) is 4. The number of hydrogen-bond donors (Lipinski definition) is 1. The van der Waals surface area contributed by atoms with Crippen LogP contribution in [0.2, 0.25) is 0 Å². The molecule has 0 radical (unpaired) electrons. The molecule has 2 aliphatic rings. The quantitative estimate of drug-likeness (QED) is 0.561. The average Bonchev–Trinajstić information content (AvgIpc) is 2.88. The SMILES string of the molecule is CN1CCN(C(=O)C2CCC(c3nccc4cnc(Nc5ccc(S(C)(=O)=O)cc5)cc34)CC2)CC1. The summed E-state index contributed by atoms with van der Waals surface area (Å²) in [4.78, 5) is 27.0. The van der Waals surface area contributed by atoms with E-state index < -0.39 is 9.84 Å². The van der Waals surface area contributed by atoms with Gasteiger partial charge >= 0.3 is 0 Å². The first-order valence-electron chi connectivity index (χ1n) is 12.6. The van der Waals surface area contributed by atoms with Gasteiger partial charge < -0.3 is 15.1 Å². The number of benzene rings is 1. The second kappa shape index (κ2) is 10.1. The molecule has 1 saturated carbocycles. The molecule has 8 nitrogen and oxygen atoms in total. The van der Waals surface area contributed by atoms with Crippen molar-refractivity contribution in [2.45, 2.75) is 36.5 Å². The molecule has 1 amide bonds. The molecule has 1 N–H and O–H groups in total. The Morgan fingerprint density at radius 3 is 2.33 bits per heavy atom. The van der Waals surface area contributed by atoms with Crippen molar-refractivity contribution in [3.63, 3.8) is 0 Å². The van der Waals surface area contributed by atoms with E-state index in [0.29, 0.717) is 17.6 Å². The monoisotopic (exact) mass is 507 g/mol. The largest absolute Gasteiger partial charge is 0.340 e. The minimum absolute atomic E-state index is 0.119. The summed E-state index contributed by atoms with van der Waals surface area (Å²) in [6.45, 7) is 3.57. The number of aromatic nitrogens is 2. The zero-order valence-corrected chi connectivity index (χ0v) is 21.7. The molecule has 0 atom stereocenters. The van der Waals surface area contributed by atoms with Crippen LogP contribution < -0.4 is 5.32 Å². The van der Waals surface area contributed by atoms with Crippen LogP contribution in [0, 0.1) is 5.92 Å². The second-order valence-electron chi connectivity index (χ2n) is 10.1. The minimum atomic E-state index is -3.23. The van der Waals surface area contributed by atoms with Gasteiger partial charge in [-0.2, -0.15) is 0 Å². The fraction of sp³-hybridized carbons (Fsp3) is 0.444. The number of hydrogen-bond acceptors (Lipinski definition) is 7. The third-order valence-corrected chi connectivity index (χ3v) is 8.64. The molecule has 0 bridgehead atoms. The average molecular weight is 508 g/mol. The van der Waals surface area contributed by atoms with Crippen molar-refractivity contribution in [3.8, 4) is 0 Å². The van der Waals surface area contributed by atoms with E-state index in [4.69, 9.17) is 4.98 Å². The summed E-state index contributed by atoms with van der Waals surface area (Å²) in [6.07, 6.45) is 8.59. The molecular weight excluding hydrogens is 474 g/mol. The molecule has 5 rings (SSSR count). The molecule has 3 aromatic rings. The number of pyridine rings is 2. The number of sulfone groups is 1. The molecule has 36 heavy (non-hydrogen) atoms. The molecule has 0 spiro atoms. The van der Waals surface area contributed by atoms with Gasteiger partial charge in [0.1, 0.15) is 5.82 Å². The highest BCUT2D eigenvalue weighted by Crippen LogP contribution is 2.38. The van der Waals surface area contributed by atoms with Crippen molar-refractivity contribution in [1.82, 2.24) is 19.8 Å². The third-order valence-electron chi connectivity index (χ3n) is 7.51. The second-order valence-corrected chi connectivity index (χ2v) is 12.1. The predicted octanol–water partition coefficient (Wildman–Crippen LogP) is 3.82. The predicted molar refractivity (Wildman–Crippen MR) is 141 cm³/mol. The van der Waals surface area contributed by atoms with E-state index in [1.807, 2.05) is 29.4 Å². The number of rotatable bonds is 5. The number of nitrogens with one attached hydrogen (secondary N) is 1. The number of carbonyl (C=O) groups is 1. The normalized spacial score (nSPS) is 21.4. The lowest BCUT2D eigenvalue weighted by Crippen LogP contribution is -2.49. The Balaban J connectivity index is 1.29. The van der Waals surface area contributed by atoms with Crippen LogP contribution in [0.5, 0.6) is 0 Å². The van der Waals surface area contributed by atoms with Gasteiger partial charge in [0.25, 0.3) is 0 Å². The van der Waals surface area contributed by atoms with E-state index in [1.165, 1.54) is 6.26 Å². The lowest BCUT2D eigenvalue weighted by molar-refractivity contribution is -0.138. The highest BCUT2D eigenvalue weighted by Gasteiger charge is 2.32. The number of likely N-dealkylation sites (N-methyl/N-ethyl adjacent to an activating group) is 1.